The van der Waals surface area contributed by atoms with E-state index in [9.17, 15) is 86.1 Å². The van der Waals surface area contributed by atoms with Gasteiger partial charge in [-0.05, 0) is 74.4 Å². The highest BCUT2D eigenvalue weighted by Crippen LogP contribution is 2.55. The number of amides is 3. The highest BCUT2D eigenvalue weighted by atomic mass is 35.5. The quantitative estimate of drug-likeness (QED) is 0.0458. The first-order chi connectivity index (χ1) is 36.1. The number of carboxylic acid groups (broad SMARTS) is 2. The first-order valence-corrected chi connectivity index (χ1v) is 26.9. The van der Waals surface area contributed by atoms with Gasteiger partial charge in [0.1, 0.15) is 46.9 Å². The largest absolute Gasteiger partial charge is 0.481 e. The molecule has 0 unspecified atom stereocenters. The molecule has 79 heavy (non-hydrogen) atoms. The van der Waals surface area contributed by atoms with Crippen LogP contribution in [0.2, 0.25) is 5.02 Å². The normalized spacial score (nSPS) is 16.4. The number of carbonyl (C=O) groups is 5. The van der Waals surface area contributed by atoms with Crippen molar-refractivity contribution in [3.63, 3.8) is 0 Å². The molecule has 0 saturated carbocycles. The third-order valence-corrected chi connectivity index (χ3v) is 15.9. The summed E-state index contributed by atoms with van der Waals surface area (Å²) in [5.41, 5.74) is -7.05. The number of carbonyl (C=O) groups excluding carboxylic acids is 3. The molecule has 0 bridgehead atoms. The zero-order valence-electron chi connectivity index (χ0n) is 41.6. The topological polar surface area (TPSA) is 270 Å². The molecular weight excluding hydrogens is 1140 g/mol. The predicted octanol–water partition coefficient (Wildman–Crippen LogP) is 6.65. The number of sulfonamides is 1. The van der Waals surface area contributed by atoms with Gasteiger partial charge in [0.15, 0.2) is 21.3 Å². The molecule has 3 aromatic heterocycles. The summed E-state index contributed by atoms with van der Waals surface area (Å²) in [6.07, 6.45) is -12.3. The van der Waals surface area contributed by atoms with Crippen LogP contribution in [0.3, 0.4) is 0 Å². The molecule has 5 aromatic rings. The summed E-state index contributed by atoms with van der Waals surface area (Å²) in [5.74, 6) is -15.0. The number of nitrogens with one attached hydrogen (secondary N) is 2. The molecule has 0 saturated heterocycles. The fourth-order valence-electron chi connectivity index (χ4n) is 8.48. The second kappa shape index (κ2) is 21.7. The lowest BCUT2D eigenvalue weighted by Crippen LogP contribution is -2.52. The summed E-state index contributed by atoms with van der Waals surface area (Å²) in [6, 6.07) is 1.63. The fourth-order valence-corrected chi connectivity index (χ4v) is 9.85. The van der Waals surface area contributed by atoms with Crippen LogP contribution in [0.1, 0.15) is 86.4 Å². The van der Waals surface area contributed by atoms with E-state index in [-0.39, 0.29) is 19.2 Å². The summed E-state index contributed by atoms with van der Waals surface area (Å²) >= 11 is 6.62. The second-order valence-corrected chi connectivity index (χ2v) is 23.6. The van der Waals surface area contributed by atoms with Gasteiger partial charge in [-0.25, -0.2) is 35.4 Å². The van der Waals surface area contributed by atoms with Crippen molar-refractivity contribution < 1.29 is 94.9 Å². The molecule has 3 heterocycles. The van der Waals surface area contributed by atoms with Gasteiger partial charge in [-0.3, -0.25) is 28.5 Å². The molecule has 4 N–H and O–H groups in total. The van der Waals surface area contributed by atoms with Gasteiger partial charge in [0.2, 0.25) is 15.9 Å². The number of hydrogen-bond acceptors (Lipinski definition) is 12. The summed E-state index contributed by atoms with van der Waals surface area (Å²) in [5, 5.41) is 28.3. The predicted molar refractivity (Wildman–Crippen MR) is 258 cm³/mol. The van der Waals surface area contributed by atoms with Crippen LogP contribution in [0.15, 0.2) is 42.5 Å². The van der Waals surface area contributed by atoms with Gasteiger partial charge >= 0.3 is 30.2 Å². The number of benzene rings is 2. The SMILES string of the molecule is C[C@@H]1c2c(C(F)(F)F)nn(CC(=O)N[C@@H](Cc3cc(F)cc(F)c3)c3nc(C#CC(C)(C)S(C)(=O)=O)ccc3-c3ccc(Cl)c4c(N(C(=O)[C@H](CCC(=O)O)NC(=O)C(=O)O)S(C)(=O)=O)nn(CC(F)(F)F)c34)c2C(F)(F)[C@@H]1C. The van der Waals surface area contributed by atoms with Crippen molar-refractivity contribution in [2.24, 2.45) is 5.92 Å². The number of anilines is 1. The number of rotatable bonds is 16. The Labute approximate surface area is 446 Å². The number of pyridine rings is 1. The van der Waals surface area contributed by atoms with Crippen molar-refractivity contribution >= 4 is 77.8 Å². The molecule has 6 rings (SSSR count). The summed E-state index contributed by atoms with van der Waals surface area (Å²) in [7, 11) is -9.19. The van der Waals surface area contributed by atoms with E-state index in [1.807, 2.05) is 0 Å². The van der Waals surface area contributed by atoms with E-state index in [4.69, 9.17) is 11.6 Å². The average Bonchev–Trinajstić information content (AvgIpc) is 4.14. The van der Waals surface area contributed by atoms with Crippen molar-refractivity contribution in [2.75, 3.05) is 16.8 Å². The van der Waals surface area contributed by atoms with Gasteiger partial charge in [0.05, 0.1) is 33.9 Å². The van der Waals surface area contributed by atoms with Crippen LogP contribution in [0.5, 0.6) is 0 Å². The van der Waals surface area contributed by atoms with Crippen LogP contribution in [-0.2, 0) is 75.4 Å². The first kappa shape index (κ1) is 60.9. The second-order valence-electron chi connectivity index (χ2n) is 18.8. The zero-order chi connectivity index (χ0) is 59.4. The van der Waals surface area contributed by atoms with E-state index >= 15 is 8.78 Å². The van der Waals surface area contributed by atoms with Gasteiger partial charge in [-0.2, -0.15) is 49.6 Å². The van der Waals surface area contributed by atoms with Crippen LogP contribution in [0.25, 0.3) is 22.0 Å². The minimum atomic E-state index is -5.32. The van der Waals surface area contributed by atoms with E-state index < -0.39 is 202 Å². The van der Waals surface area contributed by atoms with Gasteiger partial charge in [0, 0.05) is 41.4 Å². The molecule has 1 aliphatic carbocycles. The Hall–Kier alpha value is -7.33. The molecule has 0 aliphatic heterocycles. The molecule has 0 spiro atoms. The van der Waals surface area contributed by atoms with Crippen molar-refractivity contribution in [1.82, 2.24) is 35.2 Å². The average molecular weight is 1190 g/mol. The van der Waals surface area contributed by atoms with Gasteiger partial charge in [0.25, 0.3) is 11.8 Å². The van der Waals surface area contributed by atoms with E-state index in [0.29, 0.717) is 12.3 Å². The monoisotopic (exact) mass is 1180 g/mol. The van der Waals surface area contributed by atoms with E-state index in [2.05, 4.69) is 32.3 Å². The number of hydrogen-bond donors (Lipinski definition) is 4. The molecule has 426 valence electrons. The highest BCUT2D eigenvalue weighted by Gasteiger charge is 2.57. The molecule has 3 amide bonds. The number of alkyl halides is 8. The standard InChI is InChI=1S/C47H43ClF10N8O11S2/c1-21-22(2)46(54,55)39-34(21)38(47(56,57)58)62-64(39)19-32(67)60-31(17-23-15-24(49)18-25(50)16-23)36-27(8-7-26(59-36)13-14-44(3,4)78(5,74)75)28-9-10-29(48)35-37(28)65(20-45(51,52)53)63-40(35)66(79(6,76)77)42(71)30(11-12-33(68)69)61-41(70)43(72)73/h7-10,15-16,18,21-22,30-31H,11-12,17,19-20H2,1-6H3,(H,60,67)(H,61,70)(H,68,69)(H,72,73)/t21-,22+,30-,31-/m0/s1. The number of halogens is 11. The van der Waals surface area contributed by atoms with Crippen LogP contribution >= 0.6 is 11.6 Å². The molecule has 4 atom stereocenters. The van der Waals surface area contributed by atoms with Crippen LogP contribution in [-0.4, -0.2) is 111 Å². The zero-order valence-corrected chi connectivity index (χ0v) is 44.0. The minimum Gasteiger partial charge on any atom is -0.481 e. The van der Waals surface area contributed by atoms with Crippen molar-refractivity contribution in [3.8, 4) is 23.0 Å². The van der Waals surface area contributed by atoms with E-state index in [0.717, 1.165) is 56.5 Å². The number of nitrogens with zero attached hydrogens (tertiary/aromatic N) is 6. The lowest BCUT2D eigenvalue weighted by molar-refractivity contribution is -0.151. The maximum absolute atomic E-state index is 15.8. The van der Waals surface area contributed by atoms with Gasteiger partial charge in [-0.1, -0.05) is 37.4 Å². The number of fused-ring (bicyclic) bond motifs is 2. The van der Waals surface area contributed by atoms with Crippen molar-refractivity contribution in [2.45, 2.75) is 101 Å². The maximum atomic E-state index is 15.8. The minimum absolute atomic E-state index is 0.0831. The first-order valence-electron chi connectivity index (χ1n) is 22.7. The van der Waals surface area contributed by atoms with Crippen molar-refractivity contribution in [1.29, 1.82) is 0 Å². The Morgan fingerprint density at radius 1 is 0.886 bits per heavy atom. The molecule has 0 radical (unpaired) electrons. The summed E-state index contributed by atoms with van der Waals surface area (Å²) in [4.78, 5) is 68.4. The molecule has 32 heteroatoms. The lowest BCUT2D eigenvalue weighted by Gasteiger charge is -2.24. The number of carboxylic acids is 2. The molecular formula is C47H43ClF10N8O11S2. The third kappa shape index (κ3) is 13.1. The number of aliphatic carboxylic acids is 2. The van der Waals surface area contributed by atoms with Crippen molar-refractivity contribution in [3.05, 3.63) is 93.0 Å². The maximum Gasteiger partial charge on any atom is 0.435 e. The van der Waals surface area contributed by atoms with Gasteiger partial charge < -0.3 is 20.8 Å². The number of sulfone groups is 1. The Balaban J connectivity index is 1.68. The highest BCUT2D eigenvalue weighted by molar-refractivity contribution is 7.93. The van der Waals surface area contributed by atoms with Gasteiger partial charge in [-0.15, -0.1) is 0 Å². The molecule has 0 fully saturated rings. The Morgan fingerprint density at radius 2 is 1.49 bits per heavy atom. The van der Waals surface area contributed by atoms with Crippen LogP contribution in [0.4, 0.5) is 49.7 Å². The molecule has 19 nitrogen and oxygen atoms in total. The lowest BCUT2D eigenvalue weighted by atomic mass is 9.93. The Kier molecular flexibility index (Phi) is 16.7. The van der Waals surface area contributed by atoms with Crippen LogP contribution in [0, 0.1) is 29.4 Å². The molecule has 1 aliphatic rings. The smallest absolute Gasteiger partial charge is 0.435 e. The fraction of sp³-hybridized carbons (Fsp3) is 0.404. The van der Waals surface area contributed by atoms with Crippen LogP contribution < -0.4 is 14.9 Å². The molecule has 2 aromatic carbocycles. The third-order valence-electron chi connectivity index (χ3n) is 12.6. The number of aromatic nitrogens is 5. The van der Waals surface area contributed by atoms with E-state index in [1.54, 1.807) is 5.32 Å². The van der Waals surface area contributed by atoms with E-state index in [1.165, 1.54) is 13.8 Å². The summed E-state index contributed by atoms with van der Waals surface area (Å²) < 4.78 is 199. The summed E-state index contributed by atoms with van der Waals surface area (Å²) in [6.45, 7) is 0.869. The Morgan fingerprint density at radius 3 is 2.04 bits per heavy atom. The Bertz CT molecular complexity index is 3610.